The standard InChI is InChI=1S/C13H16F3NO.C10H13N3O2/c1-3-5-12(17-4-2)10-6-8-11(9-7-10)18-13(14,15)16;1-6-4-7-9(12-10(6)15-3)13(2)5-8(14)11-7/h4,6-9,12,17H,2-3,5H2,1H3;4H,5H2,1-3H3,(H,11,14). The lowest BCUT2D eigenvalue weighted by Crippen LogP contribution is -2.36. The van der Waals surface area contributed by atoms with Crippen LogP contribution in [0.1, 0.15) is 36.9 Å². The van der Waals surface area contributed by atoms with Crippen LogP contribution in [0.2, 0.25) is 0 Å². The van der Waals surface area contributed by atoms with Gasteiger partial charge in [0.15, 0.2) is 5.82 Å². The van der Waals surface area contributed by atoms with E-state index < -0.39 is 6.36 Å². The first-order valence-corrected chi connectivity index (χ1v) is 10.4. The number of carbonyl (C=O) groups excluding carboxylic acids is 1. The van der Waals surface area contributed by atoms with Crippen molar-refractivity contribution in [1.29, 1.82) is 0 Å². The Labute approximate surface area is 191 Å². The van der Waals surface area contributed by atoms with E-state index in [-0.39, 0.29) is 17.7 Å². The van der Waals surface area contributed by atoms with Gasteiger partial charge in [0, 0.05) is 12.6 Å². The van der Waals surface area contributed by atoms with Gasteiger partial charge in [0.2, 0.25) is 11.8 Å². The summed E-state index contributed by atoms with van der Waals surface area (Å²) in [5, 5.41) is 5.85. The zero-order chi connectivity index (χ0) is 24.6. The van der Waals surface area contributed by atoms with Gasteiger partial charge >= 0.3 is 6.36 Å². The van der Waals surface area contributed by atoms with Gasteiger partial charge in [-0.15, -0.1) is 13.2 Å². The predicted molar refractivity (Wildman–Crippen MR) is 122 cm³/mol. The van der Waals surface area contributed by atoms with Gasteiger partial charge in [-0.2, -0.15) is 4.98 Å². The van der Waals surface area contributed by atoms with E-state index in [9.17, 15) is 18.0 Å². The molecule has 1 aromatic heterocycles. The fourth-order valence-electron chi connectivity index (χ4n) is 3.34. The summed E-state index contributed by atoms with van der Waals surface area (Å²) in [7, 11) is 3.42. The summed E-state index contributed by atoms with van der Waals surface area (Å²) in [6.07, 6.45) is -1.22. The molecule has 0 bridgehead atoms. The topological polar surface area (TPSA) is 75.7 Å². The number of aryl methyl sites for hydroxylation is 1. The number of nitrogens with one attached hydrogen (secondary N) is 2. The molecular weight excluding hydrogens is 437 g/mol. The van der Waals surface area contributed by atoms with Gasteiger partial charge in [0.05, 0.1) is 25.4 Å². The number of ether oxygens (including phenoxy) is 2. The fourth-order valence-corrected chi connectivity index (χ4v) is 3.34. The molecule has 0 spiro atoms. The molecular formula is C23H29F3N4O3. The number of alkyl halides is 3. The van der Waals surface area contributed by atoms with Crippen LogP contribution in [0.4, 0.5) is 24.7 Å². The van der Waals surface area contributed by atoms with Crippen molar-refractivity contribution in [3.63, 3.8) is 0 Å². The lowest BCUT2D eigenvalue weighted by Gasteiger charge is -2.26. The molecule has 1 aliphatic heterocycles. The highest BCUT2D eigenvalue weighted by molar-refractivity contribution is 6.00. The summed E-state index contributed by atoms with van der Waals surface area (Å²) in [5.41, 5.74) is 2.56. The van der Waals surface area contributed by atoms with E-state index in [1.165, 1.54) is 12.1 Å². The molecule has 1 unspecified atom stereocenters. The van der Waals surface area contributed by atoms with Gasteiger partial charge in [-0.1, -0.05) is 32.1 Å². The Kier molecular flexibility index (Phi) is 8.95. The van der Waals surface area contributed by atoms with Crippen LogP contribution in [0.25, 0.3) is 0 Å². The molecule has 2 heterocycles. The molecule has 0 saturated heterocycles. The molecule has 7 nitrogen and oxygen atoms in total. The van der Waals surface area contributed by atoms with Gasteiger partial charge in [-0.3, -0.25) is 4.79 Å². The number of anilines is 2. The third-order valence-electron chi connectivity index (χ3n) is 4.77. The number of carbonyl (C=O) groups is 1. The second kappa shape index (κ2) is 11.4. The molecule has 1 amide bonds. The zero-order valence-electron chi connectivity index (χ0n) is 19.1. The number of aromatic nitrogens is 1. The molecule has 0 fully saturated rings. The second-order valence-electron chi connectivity index (χ2n) is 7.42. The number of benzene rings is 1. The highest BCUT2D eigenvalue weighted by Gasteiger charge is 2.31. The van der Waals surface area contributed by atoms with E-state index in [2.05, 4.69) is 26.9 Å². The molecule has 10 heteroatoms. The highest BCUT2D eigenvalue weighted by atomic mass is 19.4. The average Bonchev–Trinajstić information content (AvgIpc) is 2.73. The fraction of sp³-hybridized carbons (Fsp3) is 0.391. The summed E-state index contributed by atoms with van der Waals surface area (Å²) in [4.78, 5) is 17.4. The Hall–Kier alpha value is -3.43. The van der Waals surface area contributed by atoms with Gasteiger partial charge < -0.3 is 25.0 Å². The number of nitrogens with zero attached hydrogens (tertiary/aromatic N) is 2. The summed E-state index contributed by atoms with van der Waals surface area (Å²) < 4.78 is 44.9. The minimum Gasteiger partial charge on any atom is -0.481 e. The number of rotatable bonds is 7. The maximum Gasteiger partial charge on any atom is 0.573 e. The largest absolute Gasteiger partial charge is 0.573 e. The predicted octanol–water partition coefficient (Wildman–Crippen LogP) is 4.95. The first kappa shape index (κ1) is 25.8. The lowest BCUT2D eigenvalue weighted by molar-refractivity contribution is -0.274. The van der Waals surface area contributed by atoms with Crippen LogP contribution in [-0.2, 0) is 4.79 Å². The Bertz CT molecular complexity index is 949. The van der Waals surface area contributed by atoms with Crippen LogP contribution in [0.3, 0.4) is 0 Å². The molecule has 1 aromatic carbocycles. The molecule has 0 aliphatic carbocycles. The quantitative estimate of drug-likeness (QED) is 0.602. The third-order valence-corrected chi connectivity index (χ3v) is 4.77. The molecule has 0 saturated carbocycles. The van der Waals surface area contributed by atoms with Gasteiger partial charge in [-0.05, 0) is 43.3 Å². The molecule has 1 aliphatic rings. The third kappa shape index (κ3) is 7.58. The van der Waals surface area contributed by atoms with E-state index >= 15 is 0 Å². The first-order chi connectivity index (χ1) is 15.6. The Morgan fingerprint density at radius 1 is 1.33 bits per heavy atom. The minimum absolute atomic E-state index is 0.0173. The van der Waals surface area contributed by atoms with Crippen molar-refractivity contribution in [2.24, 2.45) is 0 Å². The van der Waals surface area contributed by atoms with Crippen LogP contribution in [0.15, 0.2) is 43.1 Å². The van der Waals surface area contributed by atoms with Gasteiger partial charge in [0.1, 0.15) is 5.75 Å². The van der Waals surface area contributed by atoms with E-state index in [0.29, 0.717) is 12.4 Å². The Morgan fingerprint density at radius 3 is 2.55 bits per heavy atom. The highest BCUT2D eigenvalue weighted by Crippen LogP contribution is 2.31. The number of likely N-dealkylation sites (N-methyl/N-ethyl adjacent to an activating group) is 1. The van der Waals surface area contributed by atoms with Crippen LogP contribution >= 0.6 is 0 Å². The normalized spacial score (nSPS) is 13.7. The van der Waals surface area contributed by atoms with Crippen LogP contribution in [-0.4, -0.2) is 38.0 Å². The van der Waals surface area contributed by atoms with Crippen molar-refractivity contribution in [2.75, 3.05) is 30.9 Å². The zero-order valence-corrected chi connectivity index (χ0v) is 19.1. The van der Waals surface area contributed by atoms with Gasteiger partial charge in [0.25, 0.3) is 0 Å². The van der Waals surface area contributed by atoms with Gasteiger partial charge in [-0.25, -0.2) is 0 Å². The molecule has 180 valence electrons. The second-order valence-corrected chi connectivity index (χ2v) is 7.42. The molecule has 3 rings (SSSR count). The lowest BCUT2D eigenvalue weighted by atomic mass is 10.0. The summed E-state index contributed by atoms with van der Waals surface area (Å²) in [6, 6.07) is 7.81. The number of halogens is 3. The summed E-state index contributed by atoms with van der Waals surface area (Å²) in [5.74, 6) is 1.12. The maximum absolute atomic E-state index is 12.0. The Morgan fingerprint density at radius 2 is 2.00 bits per heavy atom. The number of pyridine rings is 1. The minimum atomic E-state index is -4.65. The van der Waals surface area contributed by atoms with Crippen molar-refractivity contribution in [3.05, 3.63) is 54.2 Å². The van der Waals surface area contributed by atoms with Crippen molar-refractivity contribution >= 4 is 17.4 Å². The van der Waals surface area contributed by atoms with E-state index in [0.717, 1.165) is 35.5 Å². The molecule has 33 heavy (non-hydrogen) atoms. The average molecular weight is 467 g/mol. The van der Waals surface area contributed by atoms with Crippen LogP contribution in [0.5, 0.6) is 11.6 Å². The van der Waals surface area contributed by atoms with Crippen LogP contribution in [0, 0.1) is 6.92 Å². The Balaban J connectivity index is 0.000000237. The summed E-state index contributed by atoms with van der Waals surface area (Å²) >= 11 is 0. The number of methoxy groups -OCH3 is 1. The molecule has 0 radical (unpaired) electrons. The van der Waals surface area contributed by atoms with E-state index in [1.54, 1.807) is 30.3 Å². The van der Waals surface area contributed by atoms with Crippen molar-refractivity contribution in [3.8, 4) is 11.6 Å². The molecule has 2 N–H and O–H groups in total. The number of amides is 1. The number of fused-ring (bicyclic) bond motifs is 1. The van der Waals surface area contributed by atoms with E-state index in [1.807, 2.05) is 27.0 Å². The smallest absolute Gasteiger partial charge is 0.481 e. The molecule has 1 atom stereocenters. The van der Waals surface area contributed by atoms with Crippen molar-refractivity contribution in [2.45, 2.75) is 39.1 Å². The SMILES string of the molecule is C=CNC(CCC)c1ccc(OC(F)(F)F)cc1.COc1nc2c(cc1C)NC(=O)CN2C. The first-order valence-electron chi connectivity index (χ1n) is 10.4. The summed E-state index contributed by atoms with van der Waals surface area (Å²) in [6.45, 7) is 7.85. The monoisotopic (exact) mass is 466 g/mol. The molecule has 2 aromatic rings. The van der Waals surface area contributed by atoms with Crippen LogP contribution < -0.4 is 25.0 Å². The number of hydrogen-bond acceptors (Lipinski definition) is 6. The van der Waals surface area contributed by atoms with Crippen molar-refractivity contribution < 1.29 is 27.4 Å². The number of hydrogen-bond donors (Lipinski definition) is 2. The van der Waals surface area contributed by atoms with Crippen molar-refractivity contribution in [1.82, 2.24) is 10.3 Å². The van der Waals surface area contributed by atoms with E-state index in [4.69, 9.17) is 4.74 Å². The maximum atomic E-state index is 12.0.